The number of benzene rings is 1. The molecule has 1 aromatic carbocycles. The molecule has 3 heterocycles. The van der Waals surface area contributed by atoms with E-state index in [0.717, 1.165) is 32.0 Å². The van der Waals surface area contributed by atoms with Crippen molar-refractivity contribution in [2.75, 3.05) is 29.8 Å². The van der Waals surface area contributed by atoms with Crippen molar-refractivity contribution in [2.24, 2.45) is 0 Å². The smallest absolute Gasteiger partial charge is 0.283 e. The molecule has 0 spiro atoms. The summed E-state index contributed by atoms with van der Waals surface area (Å²) in [4.78, 5) is 11.4. The Balaban J connectivity index is 1.45. The van der Waals surface area contributed by atoms with Crippen LogP contribution in [0.4, 0.5) is 24.7 Å². The van der Waals surface area contributed by atoms with Crippen molar-refractivity contribution in [3.8, 4) is 0 Å². The lowest BCUT2D eigenvalue weighted by Crippen LogP contribution is -2.43. The number of halogens is 3. The summed E-state index contributed by atoms with van der Waals surface area (Å²) in [7, 11) is -2.59. The minimum absolute atomic E-state index is 0.0869. The largest absolute Gasteiger partial charge is 0.370 e. The summed E-state index contributed by atoms with van der Waals surface area (Å²) in [6.07, 6.45) is 2.88. The average Bonchev–Trinajstić information content (AvgIpc) is 2.82. The Labute approximate surface area is 202 Å². The first-order chi connectivity index (χ1) is 16.7. The topological polar surface area (TPSA) is 78.4 Å². The van der Waals surface area contributed by atoms with Crippen LogP contribution in [0, 0.1) is 24.5 Å². The third-order valence-corrected chi connectivity index (χ3v) is 7.52. The lowest BCUT2D eigenvalue weighted by molar-refractivity contribution is 0.201. The maximum Gasteiger partial charge on any atom is 0.283 e. The Kier molecular flexibility index (Phi) is 7.27. The Morgan fingerprint density at radius 3 is 2.49 bits per heavy atom. The standard InChI is InChI=1S/C24H26F3N5O2S/c1-16-20(14-28-24(23(16)27)35(33,34)30-22-9-5-8-21(26)29-22)31(2)18-10-12-32(13-11-18)15-17-6-3-4-7-19(17)25/h3-9,14,18H,10-13,15H2,1-2H3,(H,29,30). The molecule has 0 unspecified atom stereocenters. The predicted octanol–water partition coefficient (Wildman–Crippen LogP) is 4.10. The number of hydrogen-bond donors (Lipinski definition) is 1. The van der Waals surface area contributed by atoms with Gasteiger partial charge < -0.3 is 4.90 Å². The summed E-state index contributed by atoms with van der Waals surface area (Å²) in [5, 5.41) is -0.780. The number of nitrogens with one attached hydrogen (secondary N) is 1. The quantitative estimate of drug-likeness (QED) is 0.487. The molecule has 0 bridgehead atoms. The lowest BCUT2D eigenvalue weighted by atomic mass is 10.0. The zero-order chi connectivity index (χ0) is 25.2. The molecule has 1 aliphatic heterocycles. The second-order valence-electron chi connectivity index (χ2n) is 8.55. The van der Waals surface area contributed by atoms with E-state index < -0.39 is 26.8 Å². The van der Waals surface area contributed by atoms with Crippen molar-refractivity contribution in [3.05, 3.63) is 77.4 Å². The molecule has 0 saturated carbocycles. The highest BCUT2D eigenvalue weighted by atomic mass is 32.2. The second-order valence-corrected chi connectivity index (χ2v) is 10.1. The fourth-order valence-corrected chi connectivity index (χ4v) is 5.34. The highest BCUT2D eigenvalue weighted by Crippen LogP contribution is 2.29. The van der Waals surface area contributed by atoms with E-state index in [1.54, 1.807) is 12.1 Å². The van der Waals surface area contributed by atoms with E-state index in [4.69, 9.17) is 0 Å². The third kappa shape index (κ3) is 5.57. The van der Waals surface area contributed by atoms with Gasteiger partial charge in [-0.2, -0.15) is 12.8 Å². The first kappa shape index (κ1) is 24.9. The van der Waals surface area contributed by atoms with Gasteiger partial charge in [0.25, 0.3) is 10.0 Å². The number of anilines is 2. The van der Waals surface area contributed by atoms with Gasteiger partial charge in [-0.05, 0) is 38.0 Å². The van der Waals surface area contributed by atoms with Gasteiger partial charge in [-0.25, -0.2) is 18.7 Å². The molecule has 0 aliphatic carbocycles. The fraction of sp³-hybridized carbons (Fsp3) is 0.333. The first-order valence-electron chi connectivity index (χ1n) is 11.1. The molecule has 35 heavy (non-hydrogen) atoms. The number of piperidine rings is 1. The lowest BCUT2D eigenvalue weighted by Gasteiger charge is -2.38. The van der Waals surface area contributed by atoms with Gasteiger partial charge >= 0.3 is 0 Å². The molecule has 3 aromatic rings. The predicted molar refractivity (Wildman–Crippen MR) is 127 cm³/mol. The van der Waals surface area contributed by atoms with Crippen LogP contribution in [-0.4, -0.2) is 49.5 Å². The molecule has 186 valence electrons. The van der Waals surface area contributed by atoms with Gasteiger partial charge in [0.2, 0.25) is 11.0 Å². The summed E-state index contributed by atoms with van der Waals surface area (Å²) in [5.41, 5.74) is 1.28. The van der Waals surface area contributed by atoms with Crippen LogP contribution in [0.1, 0.15) is 24.0 Å². The van der Waals surface area contributed by atoms with Crippen LogP contribution in [0.3, 0.4) is 0 Å². The van der Waals surface area contributed by atoms with Crippen molar-refractivity contribution in [2.45, 2.75) is 37.4 Å². The highest BCUT2D eigenvalue weighted by molar-refractivity contribution is 7.92. The van der Waals surface area contributed by atoms with Gasteiger partial charge in [-0.15, -0.1) is 0 Å². The van der Waals surface area contributed by atoms with Crippen molar-refractivity contribution in [3.63, 3.8) is 0 Å². The van der Waals surface area contributed by atoms with Crippen molar-refractivity contribution >= 4 is 21.5 Å². The van der Waals surface area contributed by atoms with E-state index in [9.17, 15) is 17.2 Å². The van der Waals surface area contributed by atoms with Gasteiger partial charge in [0, 0.05) is 43.9 Å². The van der Waals surface area contributed by atoms with E-state index >= 15 is 4.39 Å². The Morgan fingerprint density at radius 2 is 1.80 bits per heavy atom. The zero-order valence-electron chi connectivity index (χ0n) is 19.4. The number of likely N-dealkylation sites (tertiary alicyclic amines) is 1. The average molecular weight is 506 g/mol. The number of pyridine rings is 2. The highest BCUT2D eigenvalue weighted by Gasteiger charge is 2.28. The van der Waals surface area contributed by atoms with Crippen LogP contribution < -0.4 is 9.62 Å². The molecule has 1 N–H and O–H groups in total. The fourth-order valence-electron chi connectivity index (χ4n) is 4.27. The Morgan fingerprint density at radius 1 is 1.09 bits per heavy atom. The molecule has 0 amide bonds. The molecule has 11 heteroatoms. The SMILES string of the molecule is Cc1c(N(C)C2CCN(Cc3ccccc3F)CC2)cnc(S(=O)(=O)Nc2cccc(F)n2)c1F. The second kappa shape index (κ2) is 10.2. The summed E-state index contributed by atoms with van der Waals surface area (Å²) < 4.78 is 69.8. The number of aromatic nitrogens is 2. The molecule has 1 fully saturated rings. The van der Waals surface area contributed by atoms with Crippen molar-refractivity contribution in [1.82, 2.24) is 14.9 Å². The van der Waals surface area contributed by atoms with E-state index in [2.05, 4.69) is 19.6 Å². The van der Waals surface area contributed by atoms with Gasteiger partial charge in [-0.3, -0.25) is 9.62 Å². The maximum atomic E-state index is 15.2. The van der Waals surface area contributed by atoms with E-state index in [1.807, 2.05) is 18.0 Å². The van der Waals surface area contributed by atoms with Crippen LogP contribution in [0.25, 0.3) is 0 Å². The normalized spacial score (nSPS) is 15.2. The zero-order valence-corrected chi connectivity index (χ0v) is 20.2. The van der Waals surface area contributed by atoms with Gasteiger partial charge in [0.05, 0.1) is 11.9 Å². The number of sulfonamides is 1. The van der Waals surface area contributed by atoms with E-state index in [1.165, 1.54) is 31.3 Å². The van der Waals surface area contributed by atoms with Crippen molar-refractivity contribution < 1.29 is 21.6 Å². The molecule has 0 radical (unpaired) electrons. The summed E-state index contributed by atoms with van der Waals surface area (Å²) in [5.74, 6) is -2.34. The first-order valence-corrected chi connectivity index (χ1v) is 12.6. The van der Waals surface area contributed by atoms with Crippen LogP contribution in [0.5, 0.6) is 0 Å². The van der Waals surface area contributed by atoms with Crippen molar-refractivity contribution in [1.29, 1.82) is 0 Å². The third-order valence-electron chi connectivity index (χ3n) is 6.25. The molecule has 7 nitrogen and oxygen atoms in total. The number of nitrogens with zero attached hydrogens (tertiary/aromatic N) is 4. The summed E-state index contributed by atoms with van der Waals surface area (Å²) >= 11 is 0. The van der Waals surface area contributed by atoms with Crippen LogP contribution in [0.15, 0.2) is 53.7 Å². The minimum atomic E-state index is -4.41. The monoisotopic (exact) mass is 505 g/mol. The van der Waals surface area contributed by atoms with Gasteiger partial charge in [0.1, 0.15) is 11.6 Å². The molecule has 4 rings (SSSR count). The summed E-state index contributed by atoms with van der Waals surface area (Å²) in [6, 6.07) is 10.4. The number of hydrogen-bond acceptors (Lipinski definition) is 6. The van der Waals surface area contributed by atoms with Crippen LogP contribution >= 0.6 is 0 Å². The van der Waals surface area contributed by atoms with Crippen LogP contribution in [-0.2, 0) is 16.6 Å². The Hall–Kier alpha value is -3.18. The molecule has 2 aromatic heterocycles. The molecular weight excluding hydrogens is 479 g/mol. The number of rotatable bonds is 7. The van der Waals surface area contributed by atoms with E-state index in [-0.39, 0.29) is 23.2 Å². The minimum Gasteiger partial charge on any atom is -0.370 e. The molecular formula is C24H26F3N5O2S. The van der Waals surface area contributed by atoms with Crippen LogP contribution in [0.2, 0.25) is 0 Å². The molecule has 1 aliphatic rings. The van der Waals surface area contributed by atoms with Gasteiger partial charge in [-0.1, -0.05) is 24.3 Å². The van der Waals surface area contributed by atoms with E-state index in [0.29, 0.717) is 17.8 Å². The summed E-state index contributed by atoms with van der Waals surface area (Å²) in [6.45, 7) is 3.51. The molecule has 0 atom stereocenters. The maximum absolute atomic E-state index is 15.2. The van der Waals surface area contributed by atoms with Gasteiger partial charge in [0.15, 0.2) is 5.82 Å². The molecule has 1 saturated heterocycles. The Bertz CT molecular complexity index is 1310.